The third kappa shape index (κ3) is 13.2. The Morgan fingerprint density at radius 2 is 1.13 bits per heavy atom. The molecule has 2 rings (SSSR count). The minimum absolute atomic E-state index is 0.175. The second-order valence-corrected chi connectivity index (χ2v) is 11.1. The second kappa shape index (κ2) is 19.3. The summed E-state index contributed by atoms with van der Waals surface area (Å²) in [6.07, 6.45) is 23.2. The first-order valence-electron chi connectivity index (χ1n) is 15.4. The fraction of sp³-hybridized carbons (Fsp3) is 0.571. The highest BCUT2D eigenvalue weighted by Gasteiger charge is 2.30. The van der Waals surface area contributed by atoms with Crippen LogP contribution in [0.2, 0.25) is 0 Å². The first kappa shape index (κ1) is 32.5. The number of ether oxygens (including phenoxy) is 1. The van der Waals surface area contributed by atoms with Crippen molar-refractivity contribution < 1.29 is 19.7 Å². The summed E-state index contributed by atoms with van der Waals surface area (Å²) in [7, 11) is 0. The van der Waals surface area contributed by atoms with E-state index in [4.69, 9.17) is 4.74 Å². The number of carbonyl (C=O) groups is 1. The normalized spacial score (nSPS) is 11.7. The number of phenols is 2. The third-order valence-corrected chi connectivity index (χ3v) is 7.76. The maximum atomic E-state index is 12.5. The van der Waals surface area contributed by atoms with E-state index in [9.17, 15) is 15.0 Å². The minimum atomic E-state index is -0.441. The number of hydrogen-bond donors (Lipinski definition) is 2. The number of unbranched alkanes of at least 4 members (excludes halogenated alkanes) is 12. The van der Waals surface area contributed by atoms with Crippen molar-refractivity contribution in [2.24, 2.45) is 0 Å². The largest absolute Gasteiger partial charge is 0.508 e. The summed E-state index contributed by atoms with van der Waals surface area (Å²) in [6, 6.07) is 14.2. The molecule has 2 N–H and O–H groups in total. The Morgan fingerprint density at radius 1 is 0.692 bits per heavy atom. The molecular formula is C35H52O4. The Morgan fingerprint density at radius 3 is 1.62 bits per heavy atom. The van der Waals surface area contributed by atoms with Gasteiger partial charge in [0.15, 0.2) is 0 Å². The van der Waals surface area contributed by atoms with Gasteiger partial charge in [0.1, 0.15) is 11.5 Å². The molecule has 0 heterocycles. The molecule has 0 bridgehead atoms. The molecule has 216 valence electrons. The Kier molecular flexibility index (Phi) is 16.1. The van der Waals surface area contributed by atoms with Crippen LogP contribution in [0.25, 0.3) is 0 Å². The quantitative estimate of drug-likeness (QED) is 0.0946. The van der Waals surface area contributed by atoms with Crippen LogP contribution in [0.5, 0.6) is 11.5 Å². The molecule has 0 aliphatic heterocycles. The predicted octanol–water partition coefficient (Wildman–Crippen LogP) is 9.76. The van der Waals surface area contributed by atoms with Crippen molar-refractivity contribution in [2.75, 3.05) is 6.61 Å². The first-order chi connectivity index (χ1) is 19.0. The van der Waals surface area contributed by atoms with Gasteiger partial charge in [0, 0.05) is 11.8 Å². The molecule has 0 spiro atoms. The molecule has 0 radical (unpaired) electrons. The molecule has 0 unspecified atom stereocenters. The summed E-state index contributed by atoms with van der Waals surface area (Å²) in [5.41, 5.74) is 1.57. The van der Waals surface area contributed by atoms with Gasteiger partial charge in [-0.1, -0.05) is 108 Å². The lowest BCUT2D eigenvalue weighted by Gasteiger charge is -2.31. The number of carbonyl (C=O) groups excluding carboxylic acids is 1. The SMILES string of the molecule is CCCCCCCCC=CCCCCCCCCOC(=O)CCC(C)(c1ccc(O)cc1)c1ccc(O)cc1. The number of benzene rings is 2. The van der Waals surface area contributed by atoms with Crippen LogP contribution in [-0.2, 0) is 14.9 Å². The van der Waals surface area contributed by atoms with E-state index in [2.05, 4.69) is 26.0 Å². The van der Waals surface area contributed by atoms with E-state index in [1.807, 2.05) is 24.3 Å². The summed E-state index contributed by atoms with van der Waals surface area (Å²) in [5.74, 6) is 0.246. The average Bonchev–Trinajstić information content (AvgIpc) is 2.94. The van der Waals surface area contributed by atoms with Gasteiger partial charge in [0.25, 0.3) is 0 Å². The number of allylic oxidation sites excluding steroid dienone is 2. The molecule has 39 heavy (non-hydrogen) atoms. The van der Waals surface area contributed by atoms with Gasteiger partial charge >= 0.3 is 5.97 Å². The van der Waals surface area contributed by atoms with Crippen molar-refractivity contribution in [2.45, 2.75) is 122 Å². The molecule has 0 aliphatic rings. The summed E-state index contributed by atoms with van der Waals surface area (Å²) in [6.45, 7) is 4.83. The van der Waals surface area contributed by atoms with Crippen molar-refractivity contribution in [3.8, 4) is 11.5 Å². The molecule has 0 amide bonds. The Bertz CT molecular complexity index is 885. The lowest BCUT2D eigenvalue weighted by atomic mass is 9.73. The van der Waals surface area contributed by atoms with Crippen molar-refractivity contribution in [1.82, 2.24) is 0 Å². The van der Waals surface area contributed by atoms with Crippen LogP contribution < -0.4 is 0 Å². The predicted molar refractivity (Wildman–Crippen MR) is 162 cm³/mol. The van der Waals surface area contributed by atoms with Gasteiger partial charge in [-0.25, -0.2) is 0 Å². The Labute approximate surface area is 237 Å². The lowest BCUT2D eigenvalue weighted by molar-refractivity contribution is -0.144. The standard InChI is InChI=1S/C35H52O4/c1-3-4-5-6-7-8-9-10-11-12-13-14-15-16-17-18-29-39-34(38)27-28-35(2,30-19-23-32(36)24-20-30)31-21-25-33(37)26-22-31/h10-11,19-26,36-37H,3-9,12-18,27-29H2,1-2H3. The van der Waals surface area contributed by atoms with E-state index >= 15 is 0 Å². The maximum Gasteiger partial charge on any atom is 0.305 e. The number of esters is 1. The van der Waals surface area contributed by atoms with Crippen LogP contribution in [0.1, 0.15) is 128 Å². The van der Waals surface area contributed by atoms with E-state index in [0.717, 1.165) is 24.0 Å². The number of hydrogen-bond acceptors (Lipinski definition) is 4. The molecule has 4 heteroatoms. The summed E-state index contributed by atoms with van der Waals surface area (Å²) in [5, 5.41) is 19.4. The van der Waals surface area contributed by atoms with E-state index < -0.39 is 5.41 Å². The van der Waals surface area contributed by atoms with Gasteiger partial charge in [-0.3, -0.25) is 4.79 Å². The highest BCUT2D eigenvalue weighted by molar-refractivity contribution is 5.69. The van der Waals surface area contributed by atoms with E-state index in [0.29, 0.717) is 19.4 Å². The maximum absolute atomic E-state index is 12.5. The molecule has 0 aromatic heterocycles. The number of rotatable bonds is 21. The van der Waals surface area contributed by atoms with E-state index in [-0.39, 0.29) is 17.5 Å². The lowest BCUT2D eigenvalue weighted by Crippen LogP contribution is -2.25. The fourth-order valence-electron chi connectivity index (χ4n) is 5.07. The van der Waals surface area contributed by atoms with Gasteiger partial charge < -0.3 is 14.9 Å². The van der Waals surface area contributed by atoms with Crippen molar-refractivity contribution >= 4 is 5.97 Å². The average molecular weight is 537 g/mol. The molecule has 0 saturated heterocycles. The number of phenolic OH excluding ortho intramolecular Hbond substituents is 2. The Hall–Kier alpha value is -2.75. The zero-order valence-electron chi connectivity index (χ0n) is 24.5. The van der Waals surface area contributed by atoms with Crippen molar-refractivity contribution in [1.29, 1.82) is 0 Å². The first-order valence-corrected chi connectivity index (χ1v) is 15.4. The molecule has 0 atom stereocenters. The summed E-state index contributed by atoms with van der Waals surface area (Å²) in [4.78, 5) is 12.5. The third-order valence-electron chi connectivity index (χ3n) is 7.76. The molecule has 0 fully saturated rings. The van der Waals surface area contributed by atoms with Crippen LogP contribution in [0, 0.1) is 0 Å². The zero-order chi connectivity index (χ0) is 28.2. The van der Waals surface area contributed by atoms with Gasteiger partial charge in [-0.2, -0.15) is 0 Å². The second-order valence-electron chi connectivity index (χ2n) is 11.1. The highest BCUT2D eigenvalue weighted by Crippen LogP contribution is 2.37. The van der Waals surface area contributed by atoms with Gasteiger partial charge in [0.05, 0.1) is 6.61 Å². The van der Waals surface area contributed by atoms with E-state index in [1.54, 1.807) is 24.3 Å². The molecule has 2 aromatic rings. The summed E-state index contributed by atoms with van der Waals surface area (Å²) >= 11 is 0. The molecular weight excluding hydrogens is 484 g/mol. The van der Waals surface area contributed by atoms with Crippen LogP contribution in [0.15, 0.2) is 60.7 Å². The van der Waals surface area contributed by atoms with Gasteiger partial charge in [0.2, 0.25) is 0 Å². The smallest absolute Gasteiger partial charge is 0.305 e. The van der Waals surface area contributed by atoms with Crippen LogP contribution in [-0.4, -0.2) is 22.8 Å². The number of aromatic hydroxyl groups is 2. The van der Waals surface area contributed by atoms with Gasteiger partial charge in [-0.05, 0) is 73.9 Å². The Balaban J connectivity index is 1.57. The molecule has 2 aromatic carbocycles. The topological polar surface area (TPSA) is 66.8 Å². The van der Waals surface area contributed by atoms with Crippen LogP contribution in [0.3, 0.4) is 0 Å². The van der Waals surface area contributed by atoms with Crippen LogP contribution in [0.4, 0.5) is 0 Å². The highest BCUT2D eigenvalue weighted by atomic mass is 16.5. The monoisotopic (exact) mass is 536 g/mol. The minimum Gasteiger partial charge on any atom is -0.508 e. The zero-order valence-corrected chi connectivity index (χ0v) is 24.5. The van der Waals surface area contributed by atoms with E-state index in [1.165, 1.54) is 77.0 Å². The molecule has 0 saturated carbocycles. The fourth-order valence-corrected chi connectivity index (χ4v) is 5.07. The molecule has 4 nitrogen and oxygen atoms in total. The summed E-state index contributed by atoms with van der Waals surface area (Å²) < 4.78 is 5.54. The van der Waals surface area contributed by atoms with Gasteiger partial charge in [-0.15, -0.1) is 0 Å². The van der Waals surface area contributed by atoms with Crippen LogP contribution >= 0.6 is 0 Å². The van der Waals surface area contributed by atoms with Crippen molar-refractivity contribution in [3.63, 3.8) is 0 Å². The molecule has 0 aliphatic carbocycles. The van der Waals surface area contributed by atoms with Crippen molar-refractivity contribution in [3.05, 3.63) is 71.8 Å².